The SMILES string of the molecule is COc1ccc(F)cc1CCn1c(=O)n([C@H](C)C(=O)NC(C)C)c(=O)c2c(C)c(-n3cccn3)sc21. The summed E-state index contributed by atoms with van der Waals surface area (Å²) in [4.78, 5) is 40.6. The number of halogens is 1. The smallest absolute Gasteiger partial charge is 0.332 e. The molecule has 0 unspecified atom stereocenters. The van der Waals surface area contributed by atoms with Gasteiger partial charge in [0.15, 0.2) is 0 Å². The summed E-state index contributed by atoms with van der Waals surface area (Å²) in [7, 11) is 1.50. The number of fused-ring (bicyclic) bond motifs is 1. The maximum atomic E-state index is 13.9. The second-order valence-corrected chi connectivity index (χ2v) is 9.80. The van der Waals surface area contributed by atoms with Gasteiger partial charge in [0.2, 0.25) is 5.91 Å². The molecule has 1 amide bonds. The van der Waals surface area contributed by atoms with Crippen LogP contribution in [0.3, 0.4) is 0 Å². The lowest BCUT2D eigenvalue weighted by molar-refractivity contribution is -0.124. The van der Waals surface area contributed by atoms with Crippen molar-refractivity contribution in [2.24, 2.45) is 0 Å². The topological polar surface area (TPSA) is 100 Å². The highest BCUT2D eigenvalue weighted by molar-refractivity contribution is 7.21. The Balaban J connectivity index is 1.92. The minimum atomic E-state index is -1.03. The monoisotopic (exact) mass is 513 g/mol. The predicted molar refractivity (Wildman–Crippen MR) is 137 cm³/mol. The van der Waals surface area contributed by atoms with E-state index < -0.39 is 29.0 Å². The molecule has 0 aliphatic carbocycles. The molecule has 9 nitrogen and oxygen atoms in total. The zero-order chi connectivity index (χ0) is 26.1. The molecule has 0 radical (unpaired) electrons. The maximum absolute atomic E-state index is 13.9. The van der Waals surface area contributed by atoms with Gasteiger partial charge in [0.1, 0.15) is 27.4 Å². The molecule has 4 aromatic rings. The maximum Gasteiger partial charge on any atom is 0.332 e. The van der Waals surface area contributed by atoms with Crippen molar-refractivity contribution in [2.45, 2.75) is 52.7 Å². The van der Waals surface area contributed by atoms with E-state index >= 15 is 0 Å². The molecule has 36 heavy (non-hydrogen) atoms. The first-order valence-electron chi connectivity index (χ1n) is 11.5. The van der Waals surface area contributed by atoms with Crippen LogP contribution in [0.15, 0.2) is 46.2 Å². The Labute approximate surface area is 210 Å². The van der Waals surface area contributed by atoms with Crippen LogP contribution in [-0.2, 0) is 17.8 Å². The summed E-state index contributed by atoms with van der Waals surface area (Å²) in [6.45, 7) is 7.08. The zero-order valence-electron chi connectivity index (χ0n) is 20.7. The fourth-order valence-electron chi connectivity index (χ4n) is 4.20. The number of carbonyl (C=O) groups is 1. The van der Waals surface area contributed by atoms with Gasteiger partial charge in [-0.2, -0.15) is 5.10 Å². The van der Waals surface area contributed by atoms with Crippen LogP contribution >= 0.6 is 11.3 Å². The Morgan fingerprint density at radius 2 is 2.00 bits per heavy atom. The predicted octanol–water partition coefficient (Wildman–Crippen LogP) is 3.19. The first-order chi connectivity index (χ1) is 17.1. The fraction of sp³-hybridized carbons (Fsp3) is 0.360. The van der Waals surface area contributed by atoms with Gasteiger partial charge >= 0.3 is 5.69 Å². The molecule has 4 rings (SSSR count). The molecule has 3 aromatic heterocycles. The summed E-state index contributed by atoms with van der Waals surface area (Å²) >= 11 is 1.27. The molecule has 0 aliphatic rings. The lowest BCUT2D eigenvalue weighted by Crippen LogP contribution is -2.47. The number of aryl methyl sites for hydroxylation is 3. The van der Waals surface area contributed by atoms with E-state index in [0.29, 0.717) is 32.1 Å². The van der Waals surface area contributed by atoms with Crippen LogP contribution in [0.5, 0.6) is 5.75 Å². The van der Waals surface area contributed by atoms with E-state index in [-0.39, 0.29) is 19.0 Å². The number of rotatable bonds is 8. The third-order valence-electron chi connectivity index (χ3n) is 5.98. The average Bonchev–Trinajstić information content (AvgIpc) is 3.46. The van der Waals surface area contributed by atoms with E-state index in [0.717, 1.165) is 4.57 Å². The van der Waals surface area contributed by atoms with Crippen molar-refractivity contribution >= 4 is 27.5 Å². The highest BCUT2D eigenvalue weighted by atomic mass is 32.1. The lowest BCUT2D eigenvalue weighted by Gasteiger charge is -2.19. The molecule has 0 bridgehead atoms. The fourth-order valence-corrected chi connectivity index (χ4v) is 5.46. The molecular formula is C25H28FN5O4S. The number of hydrogen-bond donors (Lipinski definition) is 1. The Hall–Kier alpha value is -3.73. The van der Waals surface area contributed by atoms with Gasteiger partial charge in [0.05, 0.1) is 12.5 Å². The van der Waals surface area contributed by atoms with Gasteiger partial charge in [0.25, 0.3) is 5.56 Å². The van der Waals surface area contributed by atoms with Crippen LogP contribution in [0, 0.1) is 12.7 Å². The van der Waals surface area contributed by atoms with E-state index in [1.54, 1.807) is 43.9 Å². The number of nitrogens with one attached hydrogen (secondary N) is 1. The van der Waals surface area contributed by atoms with Crippen molar-refractivity contribution in [3.05, 3.63) is 74.4 Å². The summed E-state index contributed by atoms with van der Waals surface area (Å²) in [6, 6.07) is 4.79. The average molecular weight is 514 g/mol. The molecule has 0 saturated carbocycles. The zero-order valence-corrected chi connectivity index (χ0v) is 21.6. The number of nitrogens with zero attached hydrogens (tertiary/aromatic N) is 4. The number of benzene rings is 1. The highest BCUT2D eigenvalue weighted by Gasteiger charge is 2.26. The Bertz CT molecular complexity index is 1530. The minimum Gasteiger partial charge on any atom is -0.496 e. The van der Waals surface area contributed by atoms with E-state index in [2.05, 4.69) is 10.4 Å². The van der Waals surface area contributed by atoms with Gasteiger partial charge in [-0.25, -0.2) is 18.4 Å². The first kappa shape index (κ1) is 25.4. The normalized spacial score (nSPS) is 12.3. The van der Waals surface area contributed by atoms with Crippen molar-refractivity contribution in [3.63, 3.8) is 0 Å². The number of ether oxygens (including phenoxy) is 1. The van der Waals surface area contributed by atoms with Crippen molar-refractivity contribution in [3.8, 4) is 10.8 Å². The second kappa shape index (κ2) is 10.1. The van der Waals surface area contributed by atoms with Crippen LogP contribution in [0.1, 0.15) is 37.9 Å². The molecule has 0 spiro atoms. The third kappa shape index (κ3) is 4.58. The van der Waals surface area contributed by atoms with Gasteiger partial charge in [-0.15, -0.1) is 0 Å². The minimum absolute atomic E-state index is 0.145. The number of carbonyl (C=O) groups excluding carboxylic acids is 1. The summed E-state index contributed by atoms with van der Waals surface area (Å²) in [5.41, 5.74) is 0.100. The number of methoxy groups -OCH3 is 1. The molecule has 1 aromatic carbocycles. The van der Waals surface area contributed by atoms with Crippen molar-refractivity contribution < 1.29 is 13.9 Å². The molecule has 3 heterocycles. The third-order valence-corrected chi connectivity index (χ3v) is 7.28. The summed E-state index contributed by atoms with van der Waals surface area (Å²) in [5.74, 6) is -0.347. The Morgan fingerprint density at radius 3 is 2.64 bits per heavy atom. The molecule has 1 N–H and O–H groups in total. The quantitative estimate of drug-likeness (QED) is 0.390. The van der Waals surface area contributed by atoms with Crippen molar-refractivity contribution in [1.82, 2.24) is 24.2 Å². The Morgan fingerprint density at radius 1 is 1.25 bits per heavy atom. The molecule has 0 saturated heterocycles. The highest BCUT2D eigenvalue weighted by Crippen LogP contribution is 2.31. The lowest BCUT2D eigenvalue weighted by atomic mass is 10.1. The Kier molecular flexibility index (Phi) is 7.11. The van der Waals surface area contributed by atoms with Gasteiger partial charge in [-0.05, 0) is 63.9 Å². The van der Waals surface area contributed by atoms with Gasteiger partial charge in [-0.3, -0.25) is 14.2 Å². The summed E-state index contributed by atoms with van der Waals surface area (Å²) in [5, 5.41) is 8.09. The van der Waals surface area contributed by atoms with Gasteiger partial charge < -0.3 is 10.1 Å². The largest absolute Gasteiger partial charge is 0.496 e. The van der Waals surface area contributed by atoms with Crippen molar-refractivity contribution in [1.29, 1.82) is 0 Å². The van der Waals surface area contributed by atoms with Crippen LogP contribution in [0.2, 0.25) is 0 Å². The van der Waals surface area contributed by atoms with Gasteiger partial charge in [-0.1, -0.05) is 11.3 Å². The molecule has 1 atom stereocenters. The molecule has 0 aliphatic heterocycles. The van der Waals surface area contributed by atoms with E-state index in [4.69, 9.17) is 4.74 Å². The van der Waals surface area contributed by atoms with Crippen LogP contribution in [-0.4, -0.2) is 38.0 Å². The van der Waals surface area contributed by atoms with Crippen LogP contribution < -0.4 is 21.3 Å². The van der Waals surface area contributed by atoms with Gasteiger partial charge in [0, 0.05) is 30.5 Å². The second-order valence-electron chi connectivity index (χ2n) is 8.82. The summed E-state index contributed by atoms with van der Waals surface area (Å²) in [6.07, 6.45) is 3.66. The first-order valence-corrected chi connectivity index (χ1v) is 12.4. The summed E-state index contributed by atoms with van der Waals surface area (Å²) < 4.78 is 23.4. The molecule has 11 heteroatoms. The van der Waals surface area contributed by atoms with Crippen LogP contribution in [0.25, 0.3) is 15.2 Å². The molecule has 190 valence electrons. The van der Waals surface area contributed by atoms with E-state index in [1.165, 1.54) is 48.1 Å². The molecular weight excluding hydrogens is 485 g/mol. The number of thiophene rings is 1. The standard InChI is InChI=1S/C25H28FN5O4S/c1-14(2)28-21(32)16(4)31-22(33)20-15(3)23(30-11-6-10-27-30)36-24(20)29(25(31)34)12-9-17-13-18(26)7-8-19(17)35-5/h6-8,10-11,13-14,16H,9,12H2,1-5H3,(H,28,32)/t16-/m1/s1. The van der Waals surface area contributed by atoms with Crippen molar-refractivity contribution in [2.75, 3.05) is 7.11 Å². The number of aromatic nitrogens is 4. The van der Waals surface area contributed by atoms with E-state index in [1.807, 2.05) is 0 Å². The van der Waals surface area contributed by atoms with E-state index in [9.17, 15) is 18.8 Å². The number of hydrogen-bond acceptors (Lipinski definition) is 6. The number of amides is 1. The molecule has 0 fully saturated rings. The van der Waals surface area contributed by atoms with Crippen LogP contribution in [0.4, 0.5) is 4.39 Å².